The van der Waals surface area contributed by atoms with E-state index in [1.165, 1.54) is 12.8 Å². The average Bonchev–Trinajstić information content (AvgIpc) is 2.22. The number of nitrogens with zero attached hydrogens (tertiary/aromatic N) is 1. The number of nitriles is 1. The smallest absolute Gasteiger partial charge is 0.0629 e. The van der Waals surface area contributed by atoms with Crippen LogP contribution in [0.2, 0.25) is 0 Å². The summed E-state index contributed by atoms with van der Waals surface area (Å²) in [4.78, 5) is 0. The van der Waals surface area contributed by atoms with Gasteiger partial charge in [0.2, 0.25) is 0 Å². The lowest BCUT2D eigenvalue weighted by molar-refractivity contribution is -0.0830. The molecular weight excluding hydrogens is 210 g/mol. The fourth-order valence-corrected chi connectivity index (χ4v) is 2.85. The molecule has 2 unspecified atom stereocenters. The lowest BCUT2D eigenvalue weighted by Gasteiger charge is -2.39. The van der Waals surface area contributed by atoms with Gasteiger partial charge in [-0.3, -0.25) is 0 Å². The lowest BCUT2D eigenvalue weighted by Crippen LogP contribution is -2.36. The second-order valence-electron chi connectivity index (χ2n) is 6.45. The maximum atomic E-state index is 8.98. The Morgan fingerprint density at radius 2 is 2.06 bits per heavy atom. The van der Waals surface area contributed by atoms with Crippen LogP contribution in [-0.2, 0) is 4.74 Å². The highest BCUT2D eigenvalue weighted by Gasteiger charge is 2.33. The minimum Gasteiger partial charge on any atom is -0.376 e. The summed E-state index contributed by atoms with van der Waals surface area (Å²) < 4.78 is 5.77. The number of hydrogen-bond donors (Lipinski definition) is 0. The van der Waals surface area contributed by atoms with E-state index in [9.17, 15) is 0 Å². The molecule has 1 rings (SSSR count). The van der Waals surface area contributed by atoms with Crippen molar-refractivity contribution in [1.29, 1.82) is 5.26 Å². The van der Waals surface area contributed by atoms with Crippen LogP contribution in [0.25, 0.3) is 0 Å². The topological polar surface area (TPSA) is 33.0 Å². The van der Waals surface area contributed by atoms with Crippen molar-refractivity contribution in [2.24, 2.45) is 17.8 Å². The van der Waals surface area contributed by atoms with Gasteiger partial charge in [0.05, 0.1) is 11.7 Å². The van der Waals surface area contributed by atoms with Gasteiger partial charge >= 0.3 is 0 Å². The van der Waals surface area contributed by atoms with Gasteiger partial charge in [-0.2, -0.15) is 5.26 Å². The van der Waals surface area contributed by atoms with Crippen molar-refractivity contribution < 1.29 is 4.74 Å². The Morgan fingerprint density at radius 3 is 2.59 bits per heavy atom. The minimum atomic E-state index is 0.00839. The van der Waals surface area contributed by atoms with E-state index in [2.05, 4.69) is 33.8 Å². The summed E-state index contributed by atoms with van der Waals surface area (Å²) in [5.74, 6) is 1.99. The Morgan fingerprint density at radius 1 is 1.35 bits per heavy atom. The molecule has 0 bridgehead atoms. The maximum absolute atomic E-state index is 8.98. The molecule has 0 N–H and O–H groups in total. The van der Waals surface area contributed by atoms with Gasteiger partial charge in [-0.1, -0.05) is 20.3 Å². The highest BCUT2D eigenvalue weighted by atomic mass is 16.5. The summed E-state index contributed by atoms with van der Waals surface area (Å²) in [7, 11) is 0. The standard InChI is InChI=1S/C15H27NO/c1-12(2)5-6-13(7-9-16)14-8-10-17-15(3,4)11-14/h12-14H,5-8,10-11H2,1-4H3. The number of ether oxygens (including phenoxy) is 1. The third kappa shape index (κ3) is 5.08. The van der Waals surface area contributed by atoms with E-state index in [1.807, 2.05) is 0 Å². The Hall–Kier alpha value is -0.550. The van der Waals surface area contributed by atoms with E-state index in [1.54, 1.807) is 0 Å². The van der Waals surface area contributed by atoms with Crippen LogP contribution in [0, 0.1) is 29.1 Å². The Labute approximate surface area is 106 Å². The van der Waals surface area contributed by atoms with Crippen molar-refractivity contribution in [1.82, 2.24) is 0 Å². The summed E-state index contributed by atoms with van der Waals surface area (Å²) >= 11 is 0. The first-order valence-electron chi connectivity index (χ1n) is 6.95. The van der Waals surface area contributed by atoms with Crippen molar-refractivity contribution in [3.05, 3.63) is 0 Å². The van der Waals surface area contributed by atoms with Crippen molar-refractivity contribution >= 4 is 0 Å². The van der Waals surface area contributed by atoms with E-state index in [0.29, 0.717) is 18.3 Å². The molecule has 0 radical (unpaired) electrons. The zero-order chi connectivity index (χ0) is 12.9. The third-order valence-corrected chi connectivity index (χ3v) is 3.87. The van der Waals surface area contributed by atoms with Crippen molar-refractivity contribution in [3.63, 3.8) is 0 Å². The molecule has 17 heavy (non-hydrogen) atoms. The Kier molecular flexibility index (Phi) is 5.46. The molecule has 98 valence electrons. The molecule has 1 aliphatic heterocycles. The highest BCUT2D eigenvalue weighted by Crippen LogP contribution is 2.37. The molecule has 1 heterocycles. The summed E-state index contributed by atoms with van der Waals surface area (Å²) in [6.07, 6.45) is 5.40. The van der Waals surface area contributed by atoms with Gasteiger partial charge in [-0.05, 0) is 50.9 Å². The van der Waals surface area contributed by atoms with Crippen LogP contribution >= 0.6 is 0 Å². The average molecular weight is 237 g/mol. The van der Waals surface area contributed by atoms with Crippen LogP contribution in [0.5, 0.6) is 0 Å². The van der Waals surface area contributed by atoms with Crippen LogP contribution in [0.1, 0.15) is 59.8 Å². The lowest BCUT2D eigenvalue weighted by atomic mass is 9.76. The molecule has 0 aliphatic carbocycles. The predicted molar refractivity (Wildman–Crippen MR) is 70.5 cm³/mol. The van der Waals surface area contributed by atoms with Crippen LogP contribution in [0.3, 0.4) is 0 Å². The molecule has 0 spiro atoms. The second-order valence-corrected chi connectivity index (χ2v) is 6.45. The van der Waals surface area contributed by atoms with Gasteiger partial charge in [0.1, 0.15) is 0 Å². The molecule has 0 aromatic carbocycles. The maximum Gasteiger partial charge on any atom is 0.0629 e. The monoisotopic (exact) mass is 237 g/mol. The zero-order valence-corrected chi connectivity index (χ0v) is 11.8. The van der Waals surface area contributed by atoms with E-state index in [0.717, 1.165) is 25.4 Å². The normalized spacial score (nSPS) is 25.5. The molecule has 0 amide bonds. The molecule has 2 atom stereocenters. The van der Waals surface area contributed by atoms with Gasteiger partial charge in [-0.25, -0.2) is 0 Å². The van der Waals surface area contributed by atoms with Gasteiger partial charge < -0.3 is 4.74 Å². The molecule has 0 aromatic heterocycles. The van der Waals surface area contributed by atoms with E-state index in [-0.39, 0.29) is 5.60 Å². The SMILES string of the molecule is CC(C)CCC(CC#N)C1CCOC(C)(C)C1. The second kappa shape index (κ2) is 6.40. The van der Waals surface area contributed by atoms with Gasteiger partial charge in [-0.15, -0.1) is 0 Å². The summed E-state index contributed by atoms with van der Waals surface area (Å²) in [5.41, 5.74) is 0.00839. The first-order chi connectivity index (χ1) is 7.94. The summed E-state index contributed by atoms with van der Waals surface area (Å²) in [5, 5.41) is 8.98. The first kappa shape index (κ1) is 14.5. The molecule has 2 nitrogen and oxygen atoms in total. The van der Waals surface area contributed by atoms with Gasteiger partial charge in [0, 0.05) is 13.0 Å². The molecule has 0 aromatic rings. The van der Waals surface area contributed by atoms with Crippen LogP contribution < -0.4 is 0 Å². The Balaban J connectivity index is 2.54. The zero-order valence-electron chi connectivity index (χ0n) is 11.8. The summed E-state index contributed by atoms with van der Waals surface area (Å²) in [6, 6.07) is 2.38. The third-order valence-electron chi connectivity index (χ3n) is 3.87. The molecule has 2 heteroatoms. The van der Waals surface area contributed by atoms with Crippen LogP contribution in [-0.4, -0.2) is 12.2 Å². The van der Waals surface area contributed by atoms with Crippen molar-refractivity contribution in [2.75, 3.05) is 6.61 Å². The van der Waals surface area contributed by atoms with E-state index in [4.69, 9.17) is 10.00 Å². The predicted octanol–water partition coefficient (Wildman–Crippen LogP) is 4.16. The highest BCUT2D eigenvalue weighted by molar-refractivity contribution is 4.87. The Bertz CT molecular complexity index is 265. The number of rotatable bonds is 5. The molecule has 1 fully saturated rings. The van der Waals surface area contributed by atoms with Crippen molar-refractivity contribution in [2.45, 2.75) is 65.4 Å². The minimum absolute atomic E-state index is 0.00839. The molecular formula is C15H27NO. The first-order valence-corrected chi connectivity index (χ1v) is 6.95. The molecule has 1 aliphatic rings. The summed E-state index contributed by atoms with van der Waals surface area (Å²) in [6.45, 7) is 9.73. The largest absolute Gasteiger partial charge is 0.376 e. The molecule has 0 saturated carbocycles. The van der Waals surface area contributed by atoms with Gasteiger partial charge in [0.25, 0.3) is 0 Å². The van der Waals surface area contributed by atoms with Crippen LogP contribution in [0.4, 0.5) is 0 Å². The number of hydrogen-bond acceptors (Lipinski definition) is 2. The fourth-order valence-electron chi connectivity index (χ4n) is 2.85. The van der Waals surface area contributed by atoms with Crippen LogP contribution in [0.15, 0.2) is 0 Å². The molecule has 1 saturated heterocycles. The van der Waals surface area contributed by atoms with Gasteiger partial charge in [0.15, 0.2) is 0 Å². The fraction of sp³-hybridized carbons (Fsp3) is 0.933. The quantitative estimate of drug-likeness (QED) is 0.719. The van der Waals surface area contributed by atoms with Crippen molar-refractivity contribution in [3.8, 4) is 6.07 Å². The van der Waals surface area contributed by atoms with E-state index >= 15 is 0 Å². The van der Waals surface area contributed by atoms with E-state index < -0.39 is 0 Å².